The minimum atomic E-state index is -0.228. The van der Waals surface area contributed by atoms with E-state index in [2.05, 4.69) is 15.1 Å². The second-order valence-corrected chi connectivity index (χ2v) is 4.42. The van der Waals surface area contributed by atoms with Crippen LogP contribution in [0.3, 0.4) is 0 Å². The van der Waals surface area contributed by atoms with Gasteiger partial charge in [-0.25, -0.2) is 0 Å². The molecular weight excluding hydrogens is 216 g/mol. The number of nitrogens with zero attached hydrogens (tertiary/aromatic N) is 3. The van der Waals surface area contributed by atoms with Crippen molar-refractivity contribution in [3.05, 3.63) is 29.9 Å². The van der Waals surface area contributed by atoms with E-state index in [4.69, 9.17) is 10.3 Å². The lowest BCUT2D eigenvalue weighted by molar-refractivity contribution is 0.325. The van der Waals surface area contributed by atoms with E-state index in [0.29, 0.717) is 11.7 Å². The molecule has 0 fully saturated rings. The second kappa shape index (κ2) is 4.63. The topological polar surface area (TPSA) is 77.8 Å². The summed E-state index contributed by atoms with van der Waals surface area (Å²) in [6.45, 7) is 6.02. The Balaban J connectivity index is 2.34. The van der Waals surface area contributed by atoms with Crippen LogP contribution in [0.25, 0.3) is 11.4 Å². The van der Waals surface area contributed by atoms with Crippen LogP contribution in [0.2, 0.25) is 0 Å². The molecule has 2 rings (SSSR count). The van der Waals surface area contributed by atoms with Gasteiger partial charge in [0.25, 0.3) is 0 Å². The molecule has 0 radical (unpaired) electrons. The van der Waals surface area contributed by atoms with Crippen molar-refractivity contribution in [1.29, 1.82) is 0 Å². The highest BCUT2D eigenvalue weighted by Crippen LogP contribution is 2.22. The fraction of sp³-hybridized carbons (Fsp3) is 0.417. The average Bonchev–Trinajstić information content (AvgIpc) is 2.77. The molecule has 0 aliphatic rings. The maximum Gasteiger partial charge on any atom is 0.244 e. The Morgan fingerprint density at radius 2 is 2.12 bits per heavy atom. The van der Waals surface area contributed by atoms with Gasteiger partial charge < -0.3 is 10.3 Å². The zero-order chi connectivity index (χ0) is 12.4. The summed E-state index contributed by atoms with van der Waals surface area (Å²) in [5.41, 5.74) is 7.89. The van der Waals surface area contributed by atoms with Gasteiger partial charge in [0.15, 0.2) is 0 Å². The Morgan fingerprint density at radius 3 is 2.76 bits per heavy atom. The van der Waals surface area contributed by atoms with Crippen LogP contribution in [0.4, 0.5) is 0 Å². The van der Waals surface area contributed by atoms with Gasteiger partial charge in [-0.1, -0.05) is 19.0 Å². The van der Waals surface area contributed by atoms with E-state index >= 15 is 0 Å². The van der Waals surface area contributed by atoms with Crippen molar-refractivity contribution in [3.63, 3.8) is 0 Å². The summed E-state index contributed by atoms with van der Waals surface area (Å²) in [7, 11) is 0. The van der Waals surface area contributed by atoms with E-state index in [1.807, 2.05) is 26.8 Å². The molecule has 0 aliphatic heterocycles. The van der Waals surface area contributed by atoms with E-state index in [1.165, 1.54) is 0 Å². The summed E-state index contributed by atoms with van der Waals surface area (Å²) in [6, 6.07) is 1.68. The van der Waals surface area contributed by atoms with E-state index in [9.17, 15) is 0 Å². The van der Waals surface area contributed by atoms with Crippen molar-refractivity contribution in [1.82, 2.24) is 15.1 Å². The first-order chi connectivity index (χ1) is 8.09. The summed E-state index contributed by atoms with van der Waals surface area (Å²) in [5, 5.41) is 3.94. The largest absolute Gasteiger partial charge is 0.337 e. The van der Waals surface area contributed by atoms with Crippen LogP contribution in [0, 0.1) is 12.8 Å². The van der Waals surface area contributed by atoms with Crippen molar-refractivity contribution >= 4 is 0 Å². The van der Waals surface area contributed by atoms with Crippen molar-refractivity contribution in [3.8, 4) is 11.4 Å². The van der Waals surface area contributed by atoms with Gasteiger partial charge >= 0.3 is 0 Å². The molecule has 2 aromatic heterocycles. The van der Waals surface area contributed by atoms with Gasteiger partial charge in [-0.15, -0.1) is 0 Å². The quantitative estimate of drug-likeness (QED) is 0.876. The maximum absolute atomic E-state index is 5.96. The number of pyridine rings is 1. The zero-order valence-corrected chi connectivity index (χ0v) is 10.2. The highest BCUT2D eigenvalue weighted by molar-refractivity contribution is 5.57. The lowest BCUT2D eigenvalue weighted by atomic mass is 10.1. The summed E-state index contributed by atoms with van der Waals surface area (Å²) in [6.07, 6.45) is 3.46. The van der Waals surface area contributed by atoms with Crippen LogP contribution in [-0.2, 0) is 0 Å². The Bertz CT molecular complexity index is 507. The van der Waals surface area contributed by atoms with Crippen LogP contribution < -0.4 is 5.73 Å². The van der Waals surface area contributed by atoms with Crippen LogP contribution in [0.1, 0.15) is 31.3 Å². The number of aromatic nitrogens is 3. The predicted octanol–water partition coefficient (Wildman–Crippen LogP) is 2.10. The van der Waals surface area contributed by atoms with Crippen LogP contribution in [-0.4, -0.2) is 15.1 Å². The third-order valence-corrected chi connectivity index (χ3v) is 2.73. The molecule has 0 aromatic carbocycles. The van der Waals surface area contributed by atoms with Crippen molar-refractivity contribution in [2.75, 3.05) is 0 Å². The van der Waals surface area contributed by atoms with Gasteiger partial charge in [0, 0.05) is 18.0 Å². The lowest BCUT2D eigenvalue weighted by Gasteiger charge is -2.09. The molecule has 5 nitrogen and oxygen atoms in total. The summed E-state index contributed by atoms with van der Waals surface area (Å²) in [5.74, 6) is 1.28. The van der Waals surface area contributed by atoms with Gasteiger partial charge in [-0.3, -0.25) is 4.98 Å². The third kappa shape index (κ3) is 2.34. The predicted molar refractivity (Wildman–Crippen MR) is 64.0 cm³/mol. The number of nitrogens with two attached hydrogens (primary N) is 1. The normalized spacial score (nSPS) is 13.0. The molecule has 0 aliphatic carbocycles. The third-order valence-electron chi connectivity index (χ3n) is 2.73. The molecule has 17 heavy (non-hydrogen) atoms. The minimum absolute atomic E-state index is 0.228. The molecule has 0 unspecified atom stereocenters. The van der Waals surface area contributed by atoms with Crippen LogP contribution in [0.15, 0.2) is 23.0 Å². The second-order valence-electron chi connectivity index (χ2n) is 4.42. The lowest BCUT2D eigenvalue weighted by Crippen LogP contribution is -2.16. The summed E-state index contributed by atoms with van der Waals surface area (Å²) >= 11 is 0. The fourth-order valence-corrected chi connectivity index (χ4v) is 1.46. The molecule has 2 heterocycles. The van der Waals surface area contributed by atoms with Gasteiger partial charge in [-0.05, 0) is 24.5 Å². The SMILES string of the molecule is Cc1ccncc1-c1noc([C@@H](N)C(C)C)n1. The van der Waals surface area contributed by atoms with Gasteiger partial charge in [-0.2, -0.15) is 4.98 Å². The molecule has 5 heteroatoms. The Hall–Kier alpha value is -1.75. The molecule has 2 aromatic rings. The van der Waals surface area contributed by atoms with Gasteiger partial charge in [0.05, 0.1) is 6.04 Å². The van der Waals surface area contributed by atoms with Gasteiger partial charge in [0.1, 0.15) is 0 Å². The highest BCUT2D eigenvalue weighted by atomic mass is 16.5. The number of rotatable bonds is 3. The van der Waals surface area contributed by atoms with Crippen molar-refractivity contribution in [2.45, 2.75) is 26.8 Å². The summed E-state index contributed by atoms with van der Waals surface area (Å²) < 4.78 is 5.18. The maximum atomic E-state index is 5.96. The fourth-order valence-electron chi connectivity index (χ4n) is 1.46. The van der Waals surface area contributed by atoms with Crippen molar-refractivity contribution < 1.29 is 4.52 Å². The molecular formula is C12H16N4O. The molecule has 0 bridgehead atoms. The smallest absolute Gasteiger partial charge is 0.244 e. The molecule has 90 valence electrons. The Morgan fingerprint density at radius 1 is 1.35 bits per heavy atom. The number of hydrogen-bond donors (Lipinski definition) is 1. The molecule has 0 saturated carbocycles. The standard InChI is InChI=1S/C12H16N4O/c1-7(2)10(13)12-15-11(16-17-12)9-6-14-5-4-8(9)3/h4-7,10H,13H2,1-3H3/t10-/m0/s1. The first kappa shape index (κ1) is 11.7. The molecule has 1 atom stereocenters. The van der Waals surface area contributed by atoms with E-state index in [1.54, 1.807) is 12.4 Å². The van der Waals surface area contributed by atoms with Crippen LogP contribution >= 0.6 is 0 Å². The van der Waals surface area contributed by atoms with E-state index in [-0.39, 0.29) is 12.0 Å². The van der Waals surface area contributed by atoms with Crippen molar-refractivity contribution in [2.24, 2.45) is 11.7 Å². The monoisotopic (exact) mass is 232 g/mol. The van der Waals surface area contributed by atoms with E-state index in [0.717, 1.165) is 11.1 Å². The number of aryl methyl sites for hydroxylation is 1. The first-order valence-electron chi connectivity index (χ1n) is 5.59. The molecule has 0 amide bonds. The highest BCUT2D eigenvalue weighted by Gasteiger charge is 2.19. The average molecular weight is 232 g/mol. The van der Waals surface area contributed by atoms with E-state index < -0.39 is 0 Å². The molecule has 0 spiro atoms. The minimum Gasteiger partial charge on any atom is -0.337 e. The van der Waals surface area contributed by atoms with Gasteiger partial charge in [0.2, 0.25) is 11.7 Å². The summed E-state index contributed by atoms with van der Waals surface area (Å²) in [4.78, 5) is 8.38. The Labute approximate surface area is 100 Å². The Kier molecular flexibility index (Phi) is 3.19. The first-order valence-corrected chi connectivity index (χ1v) is 5.59. The molecule has 0 saturated heterocycles. The van der Waals surface area contributed by atoms with Crippen LogP contribution in [0.5, 0.6) is 0 Å². The molecule has 2 N–H and O–H groups in total. The number of hydrogen-bond acceptors (Lipinski definition) is 5. The zero-order valence-electron chi connectivity index (χ0n) is 10.2.